The second kappa shape index (κ2) is 5.43. The van der Waals surface area contributed by atoms with Crippen LogP contribution in [-0.2, 0) is 21.1 Å². The molecule has 1 aromatic rings. The summed E-state index contributed by atoms with van der Waals surface area (Å²) >= 11 is 0. The van der Waals surface area contributed by atoms with Crippen molar-refractivity contribution in [1.29, 1.82) is 0 Å². The van der Waals surface area contributed by atoms with Gasteiger partial charge in [-0.15, -0.1) is 0 Å². The van der Waals surface area contributed by atoms with E-state index in [0.29, 0.717) is 5.82 Å². The second-order valence-corrected chi connectivity index (χ2v) is 7.88. The van der Waals surface area contributed by atoms with E-state index in [0.717, 1.165) is 0 Å². The molecule has 1 heterocycles. The molecule has 0 fully saturated rings. The molecule has 0 spiro atoms. The third kappa shape index (κ3) is 3.12. The van der Waals surface area contributed by atoms with Crippen molar-refractivity contribution >= 4 is 21.6 Å². The van der Waals surface area contributed by atoms with Crippen LogP contribution in [0.3, 0.4) is 0 Å². The standard InChI is InChI=1S/C12H21N3O4S/c1-6-19-11(16)9-10(13)15(8(2)14-9)7-12(3,4)20(5,17)18/h6-7,13H2,1-5H3. The minimum atomic E-state index is -3.28. The Morgan fingerprint density at radius 2 is 2.00 bits per heavy atom. The van der Waals surface area contributed by atoms with Gasteiger partial charge in [0.15, 0.2) is 15.5 Å². The Labute approximate surface area is 119 Å². The molecular weight excluding hydrogens is 282 g/mol. The molecule has 0 atom stereocenters. The van der Waals surface area contributed by atoms with Gasteiger partial charge in [-0.05, 0) is 27.7 Å². The number of hydrogen-bond acceptors (Lipinski definition) is 6. The van der Waals surface area contributed by atoms with Crippen molar-refractivity contribution in [1.82, 2.24) is 9.55 Å². The Morgan fingerprint density at radius 3 is 2.45 bits per heavy atom. The van der Waals surface area contributed by atoms with E-state index in [-0.39, 0.29) is 24.7 Å². The summed E-state index contributed by atoms with van der Waals surface area (Å²) in [4.78, 5) is 15.8. The number of aryl methyl sites for hydroxylation is 1. The molecule has 2 N–H and O–H groups in total. The molecule has 1 aromatic heterocycles. The van der Waals surface area contributed by atoms with Crippen LogP contribution in [0.15, 0.2) is 0 Å². The minimum Gasteiger partial charge on any atom is -0.461 e. The molecule has 114 valence electrons. The molecule has 0 bridgehead atoms. The molecule has 0 aromatic carbocycles. The van der Waals surface area contributed by atoms with E-state index in [4.69, 9.17) is 10.5 Å². The van der Waals surface area contributed by atoms with E-state index in [1.54, 1.807) is 27.7 Å². The van der Waals surface area contributed by atoms with Crippen LogP contribution in [-0.4, -0.2) is 41.5 Å². The molecule has 0 radical (unpaired) electrons. The van der Waals surface area contributed by atoms with E-state index >= 15 is 0 Å². The van der Waals surface area contributed by atoms with Crippen LogP contribution in [0.4, 0.5) is 5.82 Å². The number of hydrogen-bond donors (Lipinski definition) is 1. The third-order valence-corrected chi connectivity index (χ3v) is 5.35. The highest BCUT2D eigenvalue weighted by Gasteiger charge is 2.33. The molecule has 0 aliphatic heterocycles. The Kier molecular flexibility index (Phi) is 4.48. The lowest BCUT2D eigenvalue weighted by molar-refractivity contribution is 0.0521. The maximum absolute atomic E-state index is 11.8. The number of nitrogens with two attached hydrogens (primary N) is 1. The summed E-state index contributed by atoms with van der Waals surface area (Å²) in [6, 6.07) is 0. The van der Waals surface area contributed by atoms with E-state index < -0.39 is 20.6 Å². The molecular formula is C12H21N3O4S. The molecule has 20 heavy (non-hydrogen) atoms. The van der Waals surface area contributed by atoms with Gasteiger partial charge >= 0.3 is 5.97 Å². The molecule has 0 aliphatic rings. The fourth-order valence-electron chi connectivity index (χ4n) is 1.63. The number of rotatable bonds is 5. The van der Waals surface area contributed by atoms with Crippen LogP contribution in [0.2, 0.25) is 0 Å². The van der Waals surface area contributed by atoms with Crippen LogP contribution >= 0.6 is 0 Å². The van der Waals surface area contributed by atoms with Crippen LogP contribution in [0.1, 0.15) is 37.1 Å². The lowest BCUT2D eigenvalue weighted by Crippen LogP contribution is -2.36. The largest absolute Gasteiger partial charge is 0.461 e. The summed E-state index contributed by atoms with van der Waals surface area (Å²) in [5, 5.41) is 0. The van der Waals surface area contributed by atoms with Crippen molar-refractivity contribution < 1.29 is 17.9 Å². The van der Waals surface area contributed by atoms with Crippen LogP contribution in [0.5, 0.6) is 0 Å². The molecule has 7 nitrogen and oxygen atoms in total. The number of nitrogens with zero attached hydrogens (tertiary/aromatic N) is 2. The Bertz CT molecular complexity index is 617. The van der Waals surface area contributed by atoms with Crippen molar-refractivity contribution in [3.05, 3.63) is 11.5 Å². The first kappa shape index (κ1) is 16.5. The van der Waals surface area contributed by atoms with Crippen molar-refractivity contribution in [2.24, 2.45) is 0 Å². The Hall–Kier alpha value is -1.57. The zero-order chi connectivity index (χ0) is 15.7. The summed E-state index contributed by atoms with van der Waals surface area (Å²) in [5.74, 6) is -0.0102. The predicted octanol–water partition coefficient (Wildman–Crippen LogP) is 0.774. The van der Waals surface area contributed by atoms with E-state index in [9.17, 15) is 13.2 Å². The lowest BCUT2D eigenvalue weighted by atomic mass is 10.2. The maximum atomic E-state index is 11.8. The van der Waals surface area contributed by atoms with Gasteiger partial charge in [-0.3, -0.25) is 0 Å². The number of imidazole rings is 1. The fourth-order valence-corrected chi connectivity index (χ4v) is 1.99. The molecule has 8 heteroatoms. The van der Waals surface area contributed by atoms with Gasteiger partial charge in [-0.2, -0.15) is 0 Å². The smallest absolute Gasteiger partial charge is 0.360 e. The molecule has 0 saturated heterocycles. The highest BCUT2D eigenvalue weighted by Crippen LogP contribution is 2.23. The average molecular weight is 303 g/mol. The normalized spacial score (nSPS) is 12.4. The summed E-state index contributed by atoms with van der Waals surface area (Å²) in [7, 11) is -3.28. The van der Waals surface area contributed by atoms with Gasteiger partial charge < -0.3 is 15.0 Å². The number of ether oxygens (including phenoxy) is 1. The maximum Gasteiger partial charge on any atom is 0.360 e. The zero-order valence-corrected chi connectivity index (χ0v) is 13.2. The van der Waals surface area contributed by atoms with Gasteiger partial charge in [0.2, 0.25) is 0 Å². The molecule has 1 rings (SSSR count). The summed E-state index contributed by atoms with van der Waals surface area (Å²) in [5.41, 5.74) is 5.91. The molecule has 0 amide bonds. The highest BCUT2D eigenvalue weighted by molar-refractivity contribution is 7.92. The first-order chi connectivity index (χ1) is 9.01. The van der Waals surface area contributed by atoms with Gasteiger partial charge in [0.1, 0.15) is 11.6 Å². The lowest BCUT2D eigenvalue weighted by Gasteiger charge is -2.24. The quantitative estimate of drug-likeness (QED) is 0.806. The number of aromatic nitrogens is 2. The number of carbonyl (C=O) groups is 1. The number of sulfone groups is 1. The summed E-state index contributed by atoms with van der Waals surface area (Å²) < 4.78 is 28.9. The monoisotopic (exact) mass is 303 g/mol. The first-order valence-electron chi connectivity index (χ1n) is 6.20. The van der Waals surface area contributed by atoms with Gasteiger partial charge in [0.05, 0.1) is 11.4 Å². The predicted molar refractivity (Wildman–Crippen MR) is 76.3 cm³/mol. The van der Waals surface area contributed by atoms with E-state index in [1.807, 2.05) is 0 Å². The number of carbonyl (C=O) groups excluding carboxylic acids is 1. The van der Waals surface area contributed by atoms with Crippen molar-refractivity contribution in [2.45, 2.75) is 39.0 Å². The van der Waals surface area contributed by atoms with Crippen LogP contribution in [0, 0.1) is 6.92 Å². The fraction of sp³-hybridized carbons (Fsp3) is 0.667. The topological polar surface area (TPSA) is 104 Å². The van der Waals surface area contributed by atoms with Gasteiger partial charge in [0.25, 0.3) is 0 Å². The van der Waals surface area contributed by atoms with E-state index in [2.05, 4.69) is 4.98 Å². The number of anilines is 1. The number of nitrogen functional groups attached to an aromatic ring is 1. The van der Waals surface area contributed by atoms with Crippen LogP contribution in [0.25, 0.3) is 0 Å². The second-order valence-electron chi connectivity index (χ2n) is 5.23. The summed E-state index contributed by atoms with van der Waals surface area (Å²) in [6.45, 7) is 6.90. The average Bonchev–Trinajstić information content (AvgIpc) is 2.55. The number of esters is 1. The molecule has 0 unspecified atom stereocenters. The SMILES string of the molecule is CCOC(=O)c1nc(C)n(CC(C)(C)S(C)(=O)=O)c1N. The summed E-state index contributed by atoms with van der Waals surface area (Å²) in [6.07, 6.45) is 1.17. The van der Waals surface area contributed by atoms with Gasteiger partial charge in [-0.25, -0.2) is 18.2 Å². The van der Waals surface area contributed by atoms with Gasteiger partial charge in [-0.1, -0.05) is 0 Å². The molecule has 0 saturated carbocycles. The third-order valence-electron chi connectivity index (χ3n) is 3.21. The Morgan fingerprint density at radius 1 is 1.45 bits per heavy atom. The zero-order valence-electron chi connectivity index (χ0n) is 12.4. The van der Waals surface area contributed by atoms with Crippen LogP contribution < -0.4 is 5.73 Å². The highest BCUT2D eigenvalue weighted by atomic mass is 32.2. The van der Waals surface area contributed by atoms with Crippen molar-refractivity contribution in [2.75, 3.05) is 18.6 Å². The first-order valence-corrected chi connectivity index (χ1v) is 8.09. The van der Waals surface area contributed by atoms with Crippen molar-refractivity contribution in [3.8, 4) is 0 Å². The minimum absolute atomic E-state index is 0.0219. The van der Waals surface area contributed by atoms with E-state index in [1.165, 1.54) is 10.8 Å². The van der Waals surface area contributed by atoms with Crippen molar-refractivity contribution in [3.63, 3.8) is 0 Å². The molecule has 0 aliphatic carbocycles. The Balaban J connectivity index is 3.19. The van der Waals surface area contributed by atoms with Gasteiger partial charge in [0, 0.05) is 12.8 Å².